The van der Waals surface area contributed by atoms with Crippen molar-refractivity contribution in [1.29, 1.82) is 0 Å². The second-order valence-corrected chi connectivity index (χ2v) is 5.03. The average molecular weight is 285 g/mol. The van der Waals surface area contributed by atoms with Crippen LogP contribution in [0.1, 0.15) is 11.6 Å². The van der Waals surface area contributed by atoms with Gasteiger partial charge in [-0.3, -0.25) is 0 Å². The van der Waals surface area contributed by atoms with Gasteiger partial charge in [0, 0.05) is 6.20 Å². The second kappa shape index (κ2) is 5.68. The topological polar surface area (TPSA) is 45.4 Å². The Bertz CT molecular complexity index is 739. The first kappa shape index (κ1) is 13.8. The third-order valence-corrected chi connectivity index (χ3v) is 3.68. The molecule has 0 aliphatic carbocycles. The molecule has 3 nitrogen and oxygen atoms in total. The summed E-state index contributed by atoms with van der Waals surface area (Å²) in [7, 11) is 0. The van der Waals surface area contributed by atoms with Crippen molar-refractivity contribution in [2.75, 3.05) is 6.61 Å². The molecule has 2 aromatic carbocycles. The molecule has 0 amide bonds. The van der Waals surface area contributed by atoms with Gasteiger partial charge in [0.1, 0.15) is 11.9 Å². The third kappa shape index (κ3) is 2.55. The molecule has 0 radical (unpaired) electrons. The number of hydrogen-bond acceptors (Lipinski definition) is 2. The van der Waals surface area contributed by atoms with Crippen molar-refractivity contribution in [3.05, 3.63) is 72.2 Å². The Morgan fingerprint density at radius 1 is 1.05 bits per heavy atom. The maximum absolute atomic E-state index is 13.5. The summed E-state index contributed by atoms with van der Waals surface area (Å²) < 4.78 is 15.3. The molecule has 0 saturated carbocycles. The van der Waals surface area contributed by atoms with Crippen molar-refractivity contribution >= 4 is 10.9 Å². The van der Waals surface area contributed by atoms with E-state index >= 15 is 0 Å². The van der Waals surface area contributed by atoms with E-state index in [9.17, 15) is 14.6 Å². The number of aromatic nitrogens is 1. The summed E-state index contributed by atoms with van der Waals surface area (Å²) in [6.07, 6.45) is 0.840. The quantitative estimate of drug-likeness (QED) is 0.774. The monoisotopic (exact) mass is 285 g/mol. The summed E-state index contributed by atoms with van der Waals surface area (Å²) in [5.41, 5.74) is 1.55. The molecule has 3 rings (SSSR count). The minimum atomic E-state index is -0.966. The summed E-state index contributed by atoms with van der Waals surface area (Å²) in [6, 6.07) is 15.4. The van der Waals surface area contributed by atoms with Crippen LogP contribution in [0.5, 0.6) is 0 Å². The van der Waals surface area contributed by atoms with E-state index in [-0.39, 0.29) is 12.4 Å². The van der Waals surface area contributed by atoms with Crippen LogP contribution in [0.4, 0.5) is 4.39 Å². The maximum Gasteiger partial charge on any atom is 0.125 e. The highest BCUT2D eigenvalue weighted by atomic mass is 19.1. The zero-order valence-corrected chi connectivity index (χ0v) is 11.4. The zero-order chi connectivity index (χ0) is 14.8. The van der Waals surface area contributed by atoms with Crippen LogP contribution in [0.2, 0.25) is 0 Å². The highest BCUT2D eigenvalue weighted by Crippen LogP contribution is 2.28. The highest BCUT2D eigenvalue weighted by Gasteiger charge is 2.23. The standard InChI is InChI=1S/C17H16FNO2/c18-14-7-6-12-8-9-19(15(12)10-14)17(16(21)11-20)13-4-2-1-3-5-13/h1-10,16-17,20-21H,11H2/t16-,17+/m1/s1. The van der Waals surface area contributed by atoms with E-state index < -0.39 is 12.1 Å². The lowest BCUT2D eigenvalue weighted by atomic mass is 10.0. The Kier molecular flexibility index (Phi) is 3.73. The molecule has 0 fully saturated rings. The fourth-order valence-electron chi connectivity index (χ4n) is 2.68. The molecule has 21 heavy (non-hydrogen) atoms. The zero-order valence-electron chi connectivity index (χ0n) is 11.4. The van der Waals surface area contributed by atoms with E-state index in [0.717, 1.165) is 10.9 Å². The summed E-state index contributed by atoms with van der Waals surface area (Å²) >= 11 is 0. The van der Waals surface area contributed by atoms with Gasteiger partial charge in [-0.1, -0.05) is 30.3 Å². The van der Waals surface area contributed by atoms with E-state index in [0.29, 0.717) is 5.52 Å². The lowest BCUT2D eigenvalue weighted by molar-refractivity contribution is 0.0653. The van der Waals surface area contributed by atoms with Gasteiger partial charge in [-0.25, -0.2) is 4.39 Å². The summed E-state index contributed by atoms with van der Waals surface area (Å²) in [6.45, 7) is -0.367. The van der Waals surface area contributed by atoms with Crippen LogP contribution in [-0.4, -0.2) is 27.5 Å². The smallest absolute Gasteiger partial charge is 0.125 e. The molecular weight excluding hydrogens is 269 g/mol. The Labute approximate surface area is 121 Å². The number of nitrogens with zero attached hydrogens (tertiary/aromatic N) is 1. The van der Waals surface area contributed by atoms with Gasteiger partial charge in [0.15, 0.2) is 0 Å². The normalized spacial score (nSPS) is 14.2. The Morgan fingerprint density at radius 3 is 2.52 bits per heavy atom. The van der Waals surface area contributed by atoms with Crippen molar-refractivity contribution < 1.29 is 14.6 Å². The number of aliphatic hydroxyl groups excluding tert-OH is 2. The molecule has 2 N–H and O–H groups in total. The summed E-state index contributed by atoms with van der Waals surface area (Å²) in [5, 5.41) is 20.5. The predicted octanol–water partition coefficient (Wildman–Crippen LogP) is 2.72. The molecular formula is C17H16FNO2. The van der Waals surface area contributed by atoms with Gasteiger partial charge >= 0.3 is 0 Å². The van der Waals surface area contributed by atoms with Crippen LogP contribution in [0, 0.1) is 5.82 Å². The second-order valence-electron chi connectivity index (χ2n) is 5.03. The van der Waals surface area contributed by atoms with Crippen molar-refractivity contribution in [2.45, 2.75) is 12.1 Å². The Balaban J connectivity index is 2.17. The first-order valence-corrected chi connectivity index (χ1v) is 6.80. The van der Waals surface area contributed by atoms with Crippen LogP contribution >= 0.6 is 0 Å². The molecule has 2 atom stereocenters. The fourth-order valence-corrected chi connectivity index (χ4v) is 2.68. The van der Waals surface area contributed by atoms with E-state index in [1.54, 1.807) is 16.8 Å². The maximum atomic E-state index is 13.5. The van der Waals surface area contributed by atoms with Crippen LogP contribution in [0.3, 0.4) is 0 Å². The van der Waals surface area contributed by atoms with Gasteiger partial charge in [-0.2, -0.15) is 0 Å². The van der Waals surface area contributed by atoms with Gasteiger partial charge in [-0.15, -0.1) is 0 Å². The van der Waals surface area contributed by atoms with Crippen LogP contribution < -0.4 is 0 Å². The first-order valence-electron chi connectivity index (χ1n) is 6.80. The van der Waals surface area contributed by atoms with Crippen LogP contribution in [-0.2, 0) is 0 Å². The van der Waals surface area contributed by atoms with Gasteiger partial charge in [0.25, 0.3) is 0 Å². The molecule has 3 aromatic rings. The van der Waals surface area contributed by atoms with Gasteiger partial charge < -0.3 is 14.8 Å². The van der Waals surface area contributed by atoms with Crippen molar-refractivity contribution in [1.82, 2.24) is 4.57 Å². The van der Waals surface area contributed by atoms with Crippen molar-refractivity contribution in [2.24, 2.45) is 0 Å². The largest absolute Gasteiger partial charge is 0.394 e. The van der Waals surface area contributed by atoms with Crippen molar-refractivity contribution in [3.63, 3.8) is 0 Å². The first-order chi connectivity index (χ1) is 10.2. The number of rotatable bonds is 4. The summed E-state index contributed by atoms with van der Waals surface area (Å²) in [5.74, 6) is -0.326. The lowest BCUT2D eigenvalue weighted by Gasteiger charge is -2.25. The Morgan fingerprint density at radius 2 is 1.81 bits per heavy atom. The van der Waals surface area contributed by atoms with E-state index in [1.807, 2.05) is 36.4 Å². The molecule has 0 spiro atoms. The molecule has 0 bridgehead atoms. The predicted molar refractivity (Wildman–Crippen MR) is 79.6 cm³/mol. The van der Waals surface area contributed by atoms with Crippen molar-refractivity contribution in [3.8, 4) is 0 Å². The highest BCUT2D eigenvalue weighted by molar-refractivity contribution is 5.80. The molecule has 0 aliphatic rings. The van der Waals surface area contributed by atoms with E-state index in [1.165, 1.54) is 12.1 Å². The Hall–Kier alpha value is -2.17. The average Bonchev–Trinajstić information content (AvgIpc) is 2.91. The lowest BCUT2D eigenvalue weighted by Crippen LogP contribution is -2.28. The number of halogens is 1. The van der Waals surface area contributed by atoms with Gasteiger partial charge in [0.05, 0.1) is 18.2 Å². The number of benzene rings is 2. The van der Waals surface area contributed by atoms with E-state index in [2.05, 4.69) is 0 Å². The molecule has 4 heteroatoms. The SMILES string of the molecule is OC[C@@H](O)[C@H](c1ccccc1)n1ccc2ccc(F)cc21. The summed E-state index contributed by atoms with van der Waals surface area (Å²) in [4.78, 5) is 0. The van der Waals surface area contributed by atoms with Crippen LogP contribution in [0.15, 0.2) is 60.8 Å². The van der Waals surface area contributed by atoms with Gasteiger partial charge in [0.2, 0.25) is 0 Å². The molecule has 0 saturated heterocycles. The van der Waals surface area contributed by atoms with Crippen LogP contribution in [0.25, 0.3) is 10.9 Å². The molecule has 0 aliphatic heterocycles. The number of aliphatic hydroxyl groups is 2. The molecule has 108 valence electrons. The van der Waals surface area contributed by atoms with E-state index in [4.69, 9.17) is 0 Å². The number of fused-ring (bicyclic) bond motifs is 1. The third-order valence-electron chi connectivity index (χ3n) is 3.68. The minimum Gasteiger partial charge on any atom is -0.394 e. The minimum absolute atomic E-state index is 0.326. The molecule has 1 aromatic heterocycles. The van der Waals surface area contributed by atoms with Gasteiger partial charge in [-0.05, 0) is 35.2 Å². The molecule has 0 unspecified atom stereocenters. The fraction of sp³-hybridized carbons (Fsp3) is 0.176. The molecule has 1 heterocycles. The number of hydrogen-bond donors (Lipinski definition) is 2.